The third-order valence-corrected chi connectivity index (χ3v) is 5.52. The van der Waals surface area contributed by atoms with Crippen molar-refractivity contribution in [2.24, 2.45) is 0 Å². The molecule has 0 spiro atoms. The van der Waals surface area contributed by atoms with Gasteiger partial charge in [0, 0.05) is 17.5 Å². The summed E-state index contributed by atoms with van der Waals surface area (Å²) in [6.07, 6.45) is -4.52. The number of alkyl halides is 3. The maximum absolute atomic E-state index is 12.7. The molecule has 0 radical (unpaired) electrons. The van der Waals surface area contributed by atoms with E-state index in [1.54, 1.807) is 12.1 Å². The van der Waals surface area contributed by atoms with Gasteiger partial charge in [0.1, 0.15) is 0 Å². The van der Waals surface area contributed by atoms with Crippen molar-refractivity contribution in [1.29, 1.82) is 0 Å². The molecule has 0 aliphatic heterocycles. The van der Waals surface area contributed by atoms with Crippen molar-refractivity contribution in [3.63, 3.8) is 0 Å². The van der Waals surface area contributed by atoms with Gasteiger partial charge in [-0.2, -0.15) is 13.2 Å². The van der Waals surface area contributed by atoms with Crippen molar-refractivity contribution in [3.05, 3.63) is 44.6 Å². The highest BCUT2D eigenvalue weighted by molar-refractivity contribution is 8.00. The van der Waals surface area contributed by atoms with Gasteiger partial charge in [0.15, 0.2) is 15.2 Å². The third-order valence-electron chi connectivity index (χ3n) is 3.35. The molecule has 0 fully saturated rings. The van der Waals surface area contributed by atoms with E-state index in [0.29, 0.717) is 15.9 Å². The van der Waals surface area contributed by atoms with Gasteiger partial charge < -0.3 is 4.74 Å². The summed E-state index contributed by atoms with van der Waals surface area (Å²) >= 11 is 7.68. The highest BCUT2D eigenvalue weighted by Gasteiger charge is 2.34. The Bertz CT molecular complexity index is 1000. The zero-order valence-corrected chi connectivity index (χ0v) is 15.6. The average Bonchev–Trinajstić information content (AvgIpc) is 3.03. The van der Waals surface area contributed by atoms with Crippen LogP contribution in [-0.2, 0) is 17.5 Å². The van der Waals surface area contributed by atoms with E-state index in [2.05, 4.69) is 9.97 Å². The van der Waals surface area contributed by atoms with Crippen LogP contribution in [0.1, 0.15) is 5.69 Å². The number of methoxy groups -OCH3 is 1. The molecular formula is C15H11ClF3N3O2S2. The van der Waals surface area contributed by atoms with Crippen molar-refractivity contribution < 1.29 is 17.9 Å². The first-order valence-corrected chi connectivity index (χ1v) is 9.26. The molecule has 0 amide bonds. The van der Waals surface area contributed by atoms with E-state index in [4.69, 9.17) is 16.3 Å². The largest absolute Gasteiger partial charge is 0.434 e. The zero-order chi connectivity index (χ0) is 18.9. The quantitative estimate of drug-likeness (QED) is 0.574. The smallest absolute Gasteiger partial charge is 0.383 e. The number of hydrogen-bond donors (Lipinski definition) is 0. The number of nitrogens with zero attached hydrogens (tertiary/aromatic N) is 3. The van der Waals surface area contributed by atoms with Gasteiger partial charge in [-0.1, -0.05) is 11.6 Å². The first kappa shape index (κ1) is 19.2. The molecule has 26 heavy (non-hydrogen) atoms. The molecule has 0 N–H and O–H groups in total. The Morgan fingerprint density at radius 1 is 1.35 bits per heavy atom. The van der Waals surface area contributed by atoms with Gasteiger partial charge in [0.2, 0.25) is 0 Å². The minimum Gasteiger partial charge on any atom is -0.383 e. The molecule has 0 saturated heterocycles. The molecule has 11 heteroatoms. The van der Waals surface area contributed by atoms with Gasteiger partial charge in [0.05, 0.1) is 24.1 Å². The Kier molecular flexibility index (Phi) is 5.56. The van der Waals surface area contributed by atoms with E-state index in [9.17, 15) is 18.0 Å². The number of rotatable bonds is 5. The number of halogens is 4. The lowest BCUT2D eigenvalue weighted by Gasteiger charge is -2.12. The van der Waals surface area contributed by atoms with Crippen molar-refractivity contribution >= 4 is 45.6 Å². The second-order valence-electron chi connectivity index (χ2n) is 5.10. The fourth-order valence-electron chi connectivity index (χ4n) is 2.14. The molecule has 0 saturated carbocycles. The molecule has 3 aromatic rings. The number of thiazole rings is 1. The van der Waals surface area contributed by atoms with E-state index >= 15 is 0 Å². The average molecular weight is 422 g/mol. The lowest BCUT2D eigenvalue weighted by Crippen LogP contribution is -2.25. The van der Waals surface area contributed by atoms with Crippen LogP contribution in [0.4, 0.5) is 13.2 Å². The van der Waals surface area contributed by atoms with Crippen LogP contribution in [0.15, 0.2) is 37.9 Å². The summed E-state index contributed by atoms with van der Waals surface area (Å²) in [5.74, 6) is 0. The van der Waals surface area contributed by atoms with Crippen LogP contribution in [0, 0.1) is 0 Å². The van der Waals surface area contributed by atoms with Crippen LogP contribution in [0.3, 0.4) is 0 Å². The molecule has 2 heterocycles. The maximum atomic E-state index is 12.7. The van der Waals surface area contributed by atoms with Crippen LogP contribution in [-0.4, -0.2) is 28.3 Å². The van der Waals surface area contributed by atoms with E-state index in [1.165, 1.54) is 17.7 Å². The van der Waals surface area contributed by atoms with E-state index < -0.39 is 11.9 Å². The summed E-state index contributed by atoms with van der Waals surface area (Å²) in [5, 5.41) is 1.93. The van der Waals surface area contributed by atoms with E-state index in [-0.39, 0.29) is 28.2 Å². The Hall–Kier alpha value is -1.62. The lowest BCUT2D eigenvalue weighted by molar-refractivity contribution is -0.141. The molecule has 0 aliphatic carbocycles. The Morgan fingerprint density at radius 3 is 2.77 bits per heavy atom. The van der Waals surface area contributed by atoms with Gasteiger partial charge >= 0.3 is 6.18 Å². The van der Waals surface area contributed by atoms with E-state index in [0.717, 1.165) is 28.5 Å². The van der Waals surface area contributed by atoms with E-state index in [1.807, 2.05) is 0 Å². The summed E-state index contributed by atoms with van der Waals surface area (Å²) < 4.78 is 44.7. The topological polar surface area (TPSA) is 57.0 Å². The maximum Gasteiger partial charge on any atom is 0.434 e. The summed E-state index contributed by atoms with van der Waals surface area (Å²) in [4.78, 5) is 20.7. The van der Waals surface area contributed by atoms with Gasteiger partial charge in [-0.05, 0) is 30.0 Å². The van der Waals surface area contributed by atoms with Crippen molar-refractivity contribution in [2.75, 3.05) is 13.7 Å². The Morgan fingerprint density at radius 2 is 2.12 bits per heavy atom. The summed E-state index contributed by atoms with van der Waals surface area (Å²) in [6.45, 7) is 0.459. The highest BCUT2D eigenvalue weighted by atomic mass is 35.5. The minimum atomic E-state index is -4.52. The predicted molar refractivity (Wildman–Crippen MR) is 94.1 cm³/mol. The zero-order valence-electron chi connectivity index (χ0n) is 13.2. The van der Waals surface area contributed by atoms with Crippen LogP contribution >= 0.6 is 34.7 Å². The SMILES string of the molecule is COCCn1c(Sc2nc(C(F)(F)F)cs2)nc2cc(Cl)ccc2c1=O. The summed E-state index contributed by atoms with van der Waals surface area (Å²) in [5.41, 5.74) is -0.926. The van der Waals surface area contributed by atoms with Crippen LogP contribution in [0.2, 0.25) is 5.02 Å². The third kappa shape index (κ3) is 4.03. The first-order valence-electron chi connectivity index (χ1n) is 7.19. The molecule has 138 valence electrons. The van der Waals surface area contributed by atoms with Crippen molar-refractivity contribution in [2.45, 2.75) is 22.2 Å². The van der Waals surface area contributed by atoms with Crippen molar-refractivity contribution in [1.82, 2.24) is 14.5 Å². The van der Waals surface area contributed by atoms with Gasteiger partial charge in [-0.3, -0.25) is 9.36 Å². The molecule has 0 unspecified atom stereocenters. The van der Waals surface area contributed by atoms with Gasteiger partial charge in [-0.15, -0.1) is 11.3 Å². The fraction of sp³-hybridized carbons (Fsp3) is 0.267. The number of aromatic nitrogens is 3. The highest BCUT2D eigenvalue weighted by Crippen LogP contribution is 2.35. The van der Waals surface area contributed by atoms with Gasteiger partial charge in [0.25, 0.3) is 5.56 Å². The number of fused-ring (bicyclic) bond motifs is 1. The molecule has 3 rings (SSSR count). The van der Waals surface area contributed by atoms with Crippen LogP contribution in [0.25, 0.3) is 10.9 Å². The molecule has 1 aromatic carbocycles. The Balaban J connectivity index is 2.07. The van der Waals surface area contributed by atoms with Crippen LogP contribution in [0.5, 0.6) is 0 Å². The molecular weight excluding hydrogens is 411 g/mol. The molecule has 0 aliphatic rings. The molecule has 0 bridgehead atoms. The second-order valence-corrected chi connectivity index (χ2v) is 7.61. The lowest BCUT2D eigenvalue weighted by atomic mass is 10.2. The minimum absolute atomic E-state index is 0.136. The molecule has 5 nitrogen and oxygen atoms in total. The standard InChI is InChI=1S/C15H11ClF3N3O2S2/c1-24-5-4-22-12(23)9-3-2-8(16)6-10(9)20-13(22)26-14-21-11(7-25-14)15(17,18)19/h2-3,6-7H,4-5H2,1H3. The van der Waals surface area contributed by atoms with Crippen LogP contribution < -0.4 is 5.56 Å². The number of hydrogen-bond acceptors (Lipinski definition) is 6. The number of benzene rings is 1. The normalized spacial score (nSPS) is 12.0. The molecule has 0 atom stereocenters. The number of ether oxygens (including phenoxy) is 1. The monoisotopic (exact) mass is 421 g/mol. The van der Waals surface area contributed by atoms with Gasteiger partial charge in [-0.25, -0.2) is 9.97 Å². The molecule has 2 aromatic heterocycles. The Labute approximate surface area is 158 Å². The van der Waals surface area contributed by atoms with Crippen molar-refractivity contribution in [3.8, 4) is 0 Å². The predicted octanol–water partition coefficient (Wildman–Crippen LogP) is 4.32. The second kappa shape index (κ2) is 7.55. The fourth-order valence-corrected chi connectivity index (χ4v) is 4.15. The summed E-state index contributed by atoms with van der Waals surface area (Å²) in [6, 6.07) is 4.68. The summed E-state index contributed by atoms with van der Waals surface area (Å²) in [7, 11) is 1.49. The first-order chi connectivity index (χ1) is 12.3.